The second-order valence-corrected chi connectivity index (χ2v) is 7.82. The van der Waals surface area contributed by atoms with E-state index < -0.39 is 16.1 Å². The zero-order chi connectivity index (χ0) is 18.6. The standard InChI is InChI=1S/C18H20N2O5S/c1-24-17-13-14(19-18(21)25-15-7-3-2-4-8-15)9-10-16(17)20-11-5-6-12-26(20,22)23/h2-4,7-10,13H,5-6,11-12H2,1H3,(H,19,21). The first-order chi connectivity index (χ1) is 12.5. The van der Waals surface area contributed by atoms with Crippen LogP contribution < -0.4 is 19.1 Å². The number of nitrogens with one attached hydrogen (secondary N) is 1. The van der Waals surface area contributed by atoms with Crippen molar-refractivity contribution in [2.75, 3.05) is 29.0 Å². The van der Waals surface area contributed by atoms with Crippen LogP contribution in [0.25, 0.3) is 0 Å². The number of methoxy groups -OCH3 is 1. The van der Waals surface area contributed by atoms with E-state index in [4.69, 9.17) is 9.47 Å². The van der Waals surface area contributed by atoms with Gasteiger partial charge in [-0.25, -0.2) is 13.2 Å². The smallest absolute Gasteiger partial charge is 0.417 e. The van der Waals surface area contributed by atoms with Crippen molar-refractivity contribution in [3.8, 4) is 11.5 Å². The molecule has 1 amide bonds. The lowest BCUT2D eigenvalue weighted by atomic mass is 10.2. The zero-order valence-electron chi connectivity index (χ0n) is 14.3. The van der Waals surface area contributed by atoms with Crippen molar-refractivity contribution >= 4 is 27.5 Å². The topological polar surface area (TPSA) is 84.9 Å². The summed E-state index contributed by atoms with van der Waals surface area (Å²) in [5.74, 6) is 0.917. The fourth-order valence-electron chi connectivity index (χ4n) is 2.76. The molecule has 26 heavy (non-hydrogen) atoms. The van der Waals surface area contributed by atoms with Gasteiger partial charge >= 0.3 is 6.09 Å². The zero-order valence-corrected chi connectivity index (χ0v) is 15.2. The van der Waals surface area contributed by atoms with E-state index in [0.717, 1.165) is 6.42 Å². The van der Waals surface area contributed by atoms with Crippen LogP contribution in [0.15, 0.2) is 48.5 Å². The molecule has 1 heterocycles. The summed E-state index contributed by atoms with van der Waals surface area (Å²) >= 11 is 0. The highest BCUT2D eigenvalue weighted by Gasteiger charge is 2.28. The molecule has 8 heteroatoms. The molecule has 0 bridgehead atoms. The maximum absolute atomic E-state index is 12.3. The van der Waals surface area contributed by atoms with Crippen molar-refractivity contribution in [2.45, 2.75) is 12.8 Å². The monoisotopic (exact) mass is 376 g/mol. The summed E-state index contributed by atoms with van der Waals surface area (Å²) < 4.78 is 36.5. The van der Waals surface area contributed by atoms with Crippen LogP contribution in [0, 0.1) is 0 Å². The summed E-state index contributed by atoms with van der Waals surface area (Å²) in [6.45, 7) is 0.418. The molecule has 138 valence electrons. The molecular weight excluding hydrogens is 356 g/mol. The number of hydrogen-bond acceptors (Lipinski definition) is 5. The maximum atomic E-state index is 12.3. The van der Waals surface area contributed by atoms with Crippen molar-refractivity contribution < 1.29 is 22.7 Å². The SMILES string of the molecule is COc1cc(NC(=O)Oc2ccccc2)ccc1N1CCCCS1(=O)=O. The van der Waals surface area contributed by atoms with Gasteiger partial charge in [0.15, 0.2) is 0 Å². The van der Waals surface area contributed by atoms with Crippen LogP contribution >= 0.6 is 0 Å². The Hall–Kier alpha value is -2.74. The molecule has 2 aromatic rings. The van der Waals surface area contributed by atoms with Gasteiger partial charge in [-0.2, -0.15) is 0 Å². The number of rotatable bonds is 4. The summed E-state index contributed by atoms with van der Waals surface area (Å²) in [5.41, 5.74) is 0.912. The largest absolute Gasteiger partial charge is 0.494 e. The van der Waals surface area contributed by atoms with Gasteiger partial charge in [-0.1, -0.05) is 18.2 Å². The van der Waals surface area contributed by atoms with E-state index in [1.807, 2.05) is 6.07 Å². The number of sulfonamides is 1. The predicted octanol–water partition coefficient (Wildman–Crippen LogP) is 3.24. The lowest BCUT2D eigenvalue weighted by Gasteiger charge is -2.29. The quantitative estimate of drug-likeness (QED) is 0.885. The Kier molecular flexibility index (Phi) is 5.32. The summed E-state index contributed by atoms with van der Waals surface area (Å²) in [6, 6.07) is 13.5. The molecule has 0 aromatic heterocycles. The minimum atomic E-state index is -3.34. The lowest BCUT2D eigenvalue weighted by Crippen LogP contribution is -2.38. The van der Waals surface area contributed by atoms with E-state index in [1.54, 1.807) is 42.5 Å². The average molecular weight is 376 g/mol. The molecule has 1 saturated heterocycles. The molecule has 1 aliphatic heterocycles. The fourth-order valence-corrected chi connectivity index (χ4v) is 4.41. The molecule has 0 spiro atoms. The van der Waals surface area contributed by atoms with E-state index >= 15 is 0 Å². The Morgan fingerprint density at radius 3 is 2.58 bits per heavy atom. The number of nitrogens with zero attached hydrogens (tertiary/aromatic N) is 1. The third-order valence-corrected chi connectivity index (χ3v) is 5.85. The molecular formula is C18H20N2O5S. The van der Waals surface area contributed by atoms with Crippen LogP contribution in [0.2, 0.25) is 0 Å². The predicted molar refractivity (Wildman–Crippen MR) is 99.4 cm³/mol. The van der Waals surface area contributed by atoms with Crippen molar-refractivity contribution in [3.63, 3.8) is 0 Å². The third-order valence-electron chi connectivity index (χ3n) is 4.00. The Labute approximate surface area is 152 Å². The van der Waals surface area contributed by atoms with E-state index in [0.29, 0.717) is 35.8 Å². The first-order valence-electron chi connectivity index (χ1n) is 8.22. The number of benzene rings is 2. The number of carbonyl (C=O) groups excluding carboxylic acids is 1. The number of carbonyl (C=O) groups is 1. The highest BCUT2D eigenvalue weighted by atomic mass is 32.2. The molecule has 1 fully saturated rings. The van der Waals surface area contributed by atoms with E-state index in [-0.39, 0.29) is 5.75 Å². The van der Waals surface area contributed by atoms with Crippen molar-refractivity contribution in [1.82, 2.24) is 0 Å². The highest BCUT2D eigenvalue weighted by Crippen LogP contribution is 2.34. The molecule has 1 aliphatic rings. The molecule has 2 aromatic carbocycles. The summed E-state index contributed by atoms with van der Waals surface area (Å²) in [5, 5.41) is 2.61. The minimum Gasteiger partial charge on any atom is -0.494 e. The molecule has 0 atom stereocenters. The Morgan fingerprint density at radius 2 is 1.88 bits per heavy atom. The molecule has 0 unspecified atom stereocenters. The summed E-state index contributed by atoms with van der Waals surface area (Å²) in [7, 11) is -1.88. The fraction of sp³-hybridized carbons (Fsp3) is 0.278. The van der Waals surface area contributed by atoms with Gasteiger partial charge < -0.3 is 9.47 Å². The van der Waals surface area contributed by atoms with Crippen molar-refractivity contribution in [2.24, 2.45) is 0 Å². The van der Waals surface area contributed by atoms with E-state index in [1.165, 1.54) is 11.4 Å². The number of amides is 1. The Bertz CT molecular complexity index is 884. The van der Waals surface area contributed by atoms with Crippen LogP contribution in [-0.4, -0.2) is 33.9 Å². The maximum Gasteiger partial charge on any atom is 0.417 e. The van der Waals surface area contributed by atoms with Crippen molar-refractivity contribution in [3.05, 3.63) is 48.5 Å². The Morgan fingerprint density at radius 1 is 1.12 bits per heavy atom. The van der Waals surface area contributed by atoms with Gasteiger partial charge in [-0.3, -0.25) is 9.62 Å². The van der Waals surface area contributed by atoms with Crippen molar-refractivity contribution in [1.29, 1.82) is 0 Å². The summed E-state index contributed by atoms with van der Waals surface area (Å²) in [6.07, 6.45) is 0.814. The second kappa shape index (κ2) is 7.65. The van der Waals surface area contributed by atoms with Gasteiger partial charge in [-0.05, 0) is 37.1 Å². The van der Waals surface area contributed by atoms with Gasteiger partial charge in [0.05, 0.1) is 18.6 Å². The number of ether oxygens (including phenoxy) is 2. The minimum absolute atomic E-state index is 0.125. The first kappa shape index (κ1) is 18.1. The van der Waals surface area contributed by atoms with Crippen LogP contribution in [0.4, 0.5) is 16.2 Å². The van der Waals surface area contributed by atoms with Crippen LogP contribution in [-0.2, 0) is 10.0 Å². The van der Waals surface area contributed by atoms with E-state index in [9.17, 15) is 13.2 Å². The molecule has 7 nitrogen and oxygen atoms in total. The highest BCUT2D eigenvalue weighted by molar-refractivity contribution is 7.92. The molecule has 1 N–H and O–H groups in total. The van der Waals surface area contributed by atoms with Gasteiger partial charge in [0, 0.05) is 18.3 Å². The molecule has 0 aliphatic carbocycles. The Balaban J connectivity index is 1.77. The van der Waals surface area contributed by atoms with Gasteiger partial charge in [-0.15, -0.1) is 0 Å². The lowest BCUT2D eigenvalue weighted by molar-refractivity contribution is 0.215. The molecule has 0 saturated carbocycles. The van der Waals surface area contributed by atoms with Gasteiger partial charge in [0.25, 0.3) is 0 Å². The van der Waals surface area contributed by atoms with E-state index in [2.05, 4.69) is 5.32 Å². The van der Waals surface area contributed by atoms with Gasteiger partial charge in [0.2, 0.25) is 10.0 Å². The average Bonchev–Trinajstić information content (AvgIpc) is 2.62. The number of hydrogen-bond donors (Lipinski definition) is 1. The van der Waals surface area contributed by atoms with Crippen LogP contribution in [0.1, 0.15) is 12.8 Å². The number of para-hydroxylation sites is 1. The first-order valence-corrected chi connectivity index (χ1v) is 9.83. The molecule has 0 radical (unpaired) electrons. The third kappa shape index (κ3) is 4.08. The van der Waals surface area contributed by atoms with Gasteiger partial charge in [0.1, 0.15) is 11.5 Å². The van der Waals surface area contributed by atoms with Crippen LogP contribution in [0.5, 0.6) is 11.5 Å². The normalized spacial score (nSPS) is 16.0. The second-order valence-electron chi connectivity index (χ2n) is 5.81. The molecule has 3 rings (SSSR count). The summed E-state index contributed by atoms with van der Waals surface area (Å²) in [4.78, 5) is 12.0. The van der Waals surface area contributed by atoms with Crippen LogP contribution in [0.3, 0.4) is 0 Å². The number of anilines is 2.